The van der Waals surface area contributed by atoms with Crippen LogP contribution < -0.4 is 14.9 Å². The molecule has 0 saturated carbocycles. The maximum Gasteiger partial charge on any atom is 0.338 e. The quantitative estimate of drug-likeness (QED) is 0.227. The summed E-state index contributed by atoms with van der Waals surface area (Å²) in [6, 6.07) is 24.1. The zero-order valence-corrected chi connectivity index (χ0v) is 23.7. The van der Waals surface area contributed by atoms with E-state index >= 15 is 0 Å². The molecule has 0 aliphatic carbocycles. The first-order chi connectivity index (χ1) is 20.5. The van der Waals surface area contributed by atoms with Crippen molar-refractivity contribution in [1.29, 1.82) is 0 Å². The zero-order valence-electron chi connectivity index (χ0n) is 22.9. The summed E-state index contributed by atoms with van der Waals surface area (Å²) in [7, 11) is 0. The monoisotopic (exact) mass is 571 g/mol. The van der Waals surface area contributed by atoms with Crippen LogP contribution in [0.5, 0.6) is 0 Å². The van der Waals surface area contributed by atoms with Crippen molar-refractivity contribution in [1.82, 2.24) is 19.6 Å². The Morgan fingerprint density at radius 1 is 1.10 bits per heavy atom. The van der Waals surface area contributed by atoms with E-state index in [9.17, 15) is 9.59 Å². The standard InChI is InChI=1S/C33H25N5O3S/c1-4-22-10-9-13-25(18-22)27-20-37(36-35-27)26-16-14-23(15-17-26)19-28-31(39)38-30(24-11-7-6-8-12-24)29(32(40)41-5-2)21(3)34-33(38)42-28/h1,6-20,30H,5H2,2-3H3/b28-19-. The second-order valence-electron chi connectivity index (χ2n) is 9.58. The molecule has 5 aromatic rings. The number of carbonyl (C=O) groups is 1. The van der Waals surface area contributed by atoms with Crippen LogP contribution in [0, 0.1) is 12.3 Å². The minimum Gasteiger partial charge on any atom is -0.463 e. The van der Waals surface area contributed by atoms with Crippen molar-refractivity contribution in [2.45, 2.75) is 19.9 Å². The fourth-order valence-electron chi connectivity index (χ4n) is 4.91. The number of aromatic nitrogens is 4. The predicted molar refractivity (Wildman–Crippen MR) is 162 cm³/mol. The maximum atomic E-state index is 13.8. The van der Waals surface area contributed by atoms with Crippen molar-refractivity contribution in [3.05, 3.63) is 133 Å². The Morgan fingerprint density at radius 2 is 1.88 bits per heavy atom. The summed E-state index contributed by atoms with van der Waals surface area (Å²) in [5.74, 6) is 2.16. The van der Waals surface area contributed by atoms with Gasteiger partial charge in [-0.2, -0.15) is 0 Å². The molecule has 2 aromatic heterocycles. The van der Waals surface area contributed by atoms with Gasteiger partial charge in [-0.25, -0.2) is 14.5 Å². The van der Waals surface area contributed by atoms with Crippen LogP contribution in [0.1, 0.15) is 36.6 Å². The lowest BCUT2D eigenvalue weighted by Crippen LogP contribution is -2.39. The Bertz CT molecular complexity index is 2060. The smallest absolute Gasteiger partial charge is 0.338 e. The molecule has 8 nitrogen and oxygen atoms in total. The Kier molecular flexibility index (Phi) is 7.21. The van der Waals surface area contributed by atoms with Gasteiger partial charge in [0.1, 0.15) is 5.69 Å². The Balaban J connectivity index is 1.35. The van der Waals surface area contributed by atoms with Gasteiger partial charge in [-0.3, -0.25) is 9.36 Å². The molecule has 0 saturated heterocycles. The fourth-order valence-corrected chi connectivity index (χ4v) is 5.95. The number of hydrogen-bond donors (Lipinski definition) is 0. The number of rotatable bonds is 6. The van der Waals surface area contributed by atoms with Crippen molar-refractivity contribution in [3.8, 4) is 29.3 Å². The number of carbonyl (C=O) groups excluding carboxylic acids is 1. The average molecular weight is 572 g/mol. The van der Waals surface area contributed by atoms with Crippen molar-refractivity contribution in [3.63, 3.8) is 0 Å². The number of terminal acetylenes is 1. The Morgan fingerprint density at radius 3 is 2.62 bits per heavy atom. The number of hydrogen-bond acceptors (Lipinski definition) is 7. The topological polar surface area (TPSA) is 91.4 Å². The maximum absolute atomic E-state index is 13.8. The van der Waals surface area contributed by atoms with E-state index in [2.05, 4.69) is 21.2 Å². The van der Waals surface area contributed by atoms with Gasteiger partial charge >= 0.3 is 5.97 Å². The van der Waals surface area contributed by atoms with Gasteiger partial charge in [0.25, 0.3) is 5.56 Å². The normalized spacial score (nSPS) is 14.7. The third kappa shape index (κ3) is 5.00. The molecule has 0 amide bonds. The molecule has 1 atom stereocenters. The van der Waals surface area contributed by atoms with Crippen LogP contribution in [-0.2, 0) is 9.53 Å². The van der Waals surface area contributed by atoms with E-state index in [1.54, 1.807) is 23.1 Å². The molecule has 3 heterocycles. The molecule has 0 fully saturated rings. The van der Waals surface area contributed by atoms with E-state index in [1.807, 2.05) is 91.1 Å². The van der Waals surface area contributed by atoms with Crippen LogP contribution in [0.15, 0.2) is 106 Å². The van der Waals surface area contributed by atoms with Crippen molar-refractivity contribution < 1.29 is 9.53 Å². The SMILES string of the molecule is C#Cc1cccc(-c2cn(-c3ccc(/C=c4\sc5n(c4=O)C(c4ccccc4)C(C(=O)OCC)=C(C)N=5)cc3)nn2)c1. The lowest BCUT2D eigenvalue weighted by molar-refractivity contribution is -0.139. The summed E-state index contributed by atoms with van der Waals surface area (Å²) in [6.07, 6.45) is 9.20. The summed E-state index contributed by atoms with van der Waals surface area (Å²) in [4.78, 5) is 31.9. The predicted octanol–water partition coefficient (Wildman–Crippen LogP) is 4.03. The van der Waals surface area contributed by atoms with Crippen molar-refractivity contribution in [2.75, 3.05) is 6.61 Å². The van der Waals surface area contributed by atoms with Gasteiger partial charge in [-0.05, 0) is 55.3 Å². The molecule has 0 bridgehead atoms. The molecule has 206 valence electrons. The van der Waals surface area contributed by atoms with Crippen molar-refractivity contribution in [2.24, 2.45) is 4.99 Å². The van der Waals surface area contributed by atoms with Crippen LogP contribution >= 0.6 is 11.3 Å². The van der Waals surface area contributed by atoms with Gasteiger partial charge in [0.05, 0.1) is 40.3 Å². The summed E-state index contributed by atoms with van der Waals surface area (Å²) in [5, 5.41) is 8.56. The van der Waals surface area contributed by atoms with Crippen LogP contribution in [-0.4, -0.2) is 32.1 Å². The zero-order chi connectivity index (χ0) is 29.2. The van der Waals surface area contributed by atoms with E-state index in [0.717, 1.165) is 27.9 Å². The molecule has 9 heteroatoms. The van der Waals surface area contributed by atoms with E-state index in [4.69, 9.17) is 11.2 Å². The molecule has 0 radical (unpaired) electrons. The molecule has 0 N–H and O–H groups in total. The number of fused-ring (bicyclic) bond motifs is 1. The lowest BCUT2D eigenvalue weighted by Gasteiger charge is -2.24. The first-order valence-corrected chi connectivity index (χ1v) is 14.1. The first kappa shape index (κ1) is 26.9. The Hall–Kier alpha value is -5.33. The largest absolute Gasteiger partial charge is 0.463 e. The molecule has 1 aliphatic rings. The average Bonchev–Trinajstić information content (AvgIpc) is 3.62. The molecular weight excluding hydrogens is 546 g/mol. The molecule has 1 aliphatic heterocycles. The van der Waals surface area contributed by atoms with Crippen molar-refractivity contribution >= 4 is 23.4 Å². The second-order valence-corrected chi connectivity index (χ2v) is 10.6. The summed E-state index contributed by atoms with van der Waals surface area (Å²) < 4.78 is 9.14. The van der Waals surface area contributed by atoms with E-state index in [0.29, 0.717) is 26.3 Å². The van der Waals surface area contributed by atoms with Crippen LogP contribution in [0.2, 0.25) is 0 Å². The molecule has 3 aromatic carbocycles. The number of ether oxygens (including phenoxy) is 1. The summed E-state index contributed by atoms with van der Waals surface area (Å²) in [6.45, 7) is 3.76. The van der Waals surface area contributed by atoms with Crippen LogP contribution in [0.25, 0.3) is 23.0 Å². The van der Waals surface area contributed by atoms with E-state index < -0.39 is 12.0 Å². The number of esters is 1. The molecule has 42 heavy (non-hydrogen) atoms. The minimum absolute atomic E-state index is 0.221. The highest BCUT2D eigenvalue weighted by atomic mass is 32.1. The first-order valence-electron chi connectivity index (χ1n) is 13.3. The fraction of sp³-hybridized carbons (Fsp3) is 0.121. The summed E-state index contributed by atoms with van der Waals surface area (Å²) in [5.41, 5.74) is 5.52. The highest BCUT2D eigenvalue weighted by Crippen LogP contribution is 2.30. The van der Waals surface area contributed by atoms with E-state index in [1.165, 1.54) is 11.3 Å². The number of nitrogens with zero attached hydrogens (tertiary/aromatic N) is 5. The highest BCUT2D eigenvalue weighted by Gasteiger charge is 2.33. The van der Waals surface area contributed by atoms with Gasteiger partial charge in [0, 0.05) is 11.1 Å². The second kappa shape index (κ2) is 11.3. The van der Waals surface area contributed by atoms with Gasteiger partial charge in [-0.1, -0.05) is 77.1 Å². The van der Waals surface area contributed by atoms with Gasteiger partial charge in [0.2, 0.25) is 0 Å². The van der Waals surface area contributed by atoms with E-state index in [-0.39, 0.29) is 12.2 Å². The lowest BCUT2D eigenvalue weighted by atomic mass is 9.96. The number of benzene rings is 3. The van der Waals surface area contributed by atoms with Crippen LogP contribution in [0.4, 0.5) is 0 Å². The molecule has 1 unspecified atom stereocenters. The van der Waals surface area contributed by atoms with Gasteiger partial charge < -0.3 is 4.74 Å². The number of thiazole rings is 1. The minimum atomic E-state index is -0.631. The molecule has 0 spiro atoms. The summed E-state index contributed by atoms with van der Waals surface area (Å²) >= 11 is 1.29. The Labute approximate surface area is 245 Å². The van der Waals surface area contributed by atoms with Gasteiger partial charge in [0.15, 0.2) is 4.80 Å². The van der Waals surface area contributed by atoms with Gasteiger partial charge in [-0.15, -0.1) is 11.5 Å². The third-order valence-electron chi connectivity index (χ3n) is 6.91. The molecule has 6 rings (SSSR count). The third-order valence-corrected chi connectivity index (χ3v) is 7.89. The van der Waals surface area contributed by atoms with Crippen LogP contribution in [0.3, 0.4) is 0 Å². The highest BCUT2D eigenvalue weighted by molar-refractivity contribution is 7.07. The molecular formula is C33H25N5O3S. The number of allylic oxidation sites excluding steroid dienone is 1.